The molecule has 100 valence electrons. The maximum absolute atomic E-state index is 6.57. The summed E-state index contributed by atoms with van der Waals surface area (Å²) in [5, 5.41) is 0. The predicted molar refractivity (Wildman–Crippen MR) is 80.5 cm³/mol. The van der Waals surface area contributed by atoms with E-state index in [0.717, 1.165) is 5.54 Å². The van der Waals surface area contributed by atoms with Gasteiger partial charge < -0.3 is 4.43 Å². The number of benzene rings is 1. The van der Waals surface area contributed by atoms with Gasteiger partial charge in [-0.15, -0.1) is 0 Å². The molecule has 2 unspecified atom stereocenters. The molecule has 18 heavy (non-hydrogen) atoms. The monoisotopic (exact) mass is 262 g/mol. The van der Waals surface area contributed by atoms with Crippen LogP contribution in [0.1, 0.15) is 52.0 Å². The zero-order valence-corrected chi connectivity index (χ0v) is 13.4. The first-order valence-electron chi connectivity index (χ1n) is 7.34. The van der Waals surface area contributed by atoms with E-state index in [0.29, 0.717) is 5.92 Å². The second-order valence-electron chi connectivity index (χ2n) is 6.11. The quantitative estimate of drug-likeness (QED) is 0.745. The average Bonchev–Trinajstić information content (AvgIpc) is 2.39. The summed E-state index contributed by atoms with van der Waals surface area (Å²) in [7, 11) is -0.431. The van der Waals surface area contributed by atoms with Crippen LogP contribution >= 0.6 is 0 Å². The van der Waals surface area contributed by atoms with Gasteiger partial charge in [0.25, 0.3) is 0 Å². The summed E-state index contributed by atoms with van der Waals surface area (Å²) in [6, 6.07) is 10.9. The first-order chi connectivity index (χ1) is 8.65. The molecule has 0 radical (unpaired) electrons. The van der Waals surface area contributed by atoms with E-state index in [1.54, 1.807) is 0 Å². The molecule has 1 aliphatic rings. The third-order valence-corrected chi connectivity index (χ3v) is 5.52. The van der Waals surface area contributed by atoms with Crippen LogP contribution < -0.4 is 0 Å². The summed E-state index contributed by atoms with van der Waals surface area (Å²) in [6.45, 7) is 6.96. The van der Waals surface area contributed by atoms with Crippen LogP contribution in [0.5, 0.6) is 0 Å². The molecule has 2 heteroatoms. The molecule has 1 nitrogen and oxygen atoms in total. The Morgan fingerprint density at radius 3 is 2.56 bits per heavy atom. The Hall–Kier alpha value is -0.603. The first kappa shape index (κ1) is 13.8. The molecule has 1 aromatic carbocycles. The van der Waals surface area contributed by atoms with Crippen LogP contribution in [0.3, 0.4) is 0 Å². The molecule has 0 amide bonds. The van der Waals surface area contributed by atoms with Crippen molar-refractivity contribution in [2.75, 3.05) is 0 Å². The molecule has 0 aromatic heterocycles. The molecule has 2 atom stereocenters. The van der Waals surface area contributed by atoms with Crippen molar-refractivity contribution in [1.29, 1.82) is 0 Å². The Kier molecular flexibility index (Phi) is 4.63. The van der Waals surface area contributed by atoms with Crippen LogP contribution in [-0.4, -0.2) is 9.76 Å². The topological polar surface area (TPSA) is 9.23 Å². The lowest BCUT2D eigenvalue weighted by Crippen LogP contribution is -2.40. The largest absolute Gasteiger partial charge is 0.414 e. The van der Waals surface area contributed by atoms with E-state index in [9.17, 15) is 0 Å². The number of hydrogen-bond donors (Lipinski definition) is 0. The Bertz CT molecular complexity index is 363. The van der Waals surface area contributed by atoms with Crippen molar-refractivity contribution in [3.63, 3.8) is 0 Å². The minimum Gasteiger partial charge on any atom is -0.414 e. The van der Waals surface area contributed by atoms with E-state index in [1.807, 2.05) is 0 Å². The van der Waals surface area contributed by atoms with E-state index in [4.69, 9.17) is 4.43 Å². The molecule has 0 N–H and O–H groups in total. The zero-order valence-electron chi connectivity index (χ0n) is 12.0. The van der Waals surface area contributed by atoms with Gasteiger partial charge in [0, 0.05) is 0 Å². The third-order valence-electron chi connectivity index (χ3n) is 4.17. The van der Waals surface area contributed by atoms with Gasteiger partial charge in [-0.3, -0.25) is 0 Å². The minimum atomic E-state index is -0.431. The molecule has 0 heterocycles. The first-order valence-corrected chi connectivity index (χ1v) is 8.74. The molecular weight excluding hydrogens is 236 g/mol. The molecule has 1 aliphatic carbocycles. The van der Waals surface area contributed by atoms with Crippen molar-refractivity contribution in [2.24, 2.45) is 5.92 Å². The fourth-order valence-corrected chi connectivity index (χ4v) is 4.31. The maximum atomic E-state index is 6.57. The van der Waals surface area contributed by atoms with Crippen molar-refractivity contribution in [3.8, 4) is 0 Å². The molecular formula is C16H26OSi. The summed E-state index contributed by atoms with van der Waals surface area (Å²) in [4.78, 5) is 0. The van der Waals surface area contributed by atoms with Crippen molar-refractivity contribution in [1.82, 2.24) is 0 Å². The Balaban J connectivity index is 2.27. The van der Waals surface area contributed by atoms with Gasteiger partial charge in [0.1, 0.15) is 0 Å². The second kappa shape index (κ2) is 6.03. The standard InChI is InChI=1S/C16H26OSi/c1-13(2)18-17-16(12-8-7-9-14(16)3)15-10-5-4-6-11-15/h4-6,10-11,13-14H,7-9,12,18H2,1-3H3. The summed E-state index contributed by atoms with van der Waals surface area (Å²) >= 11 is 0. The minimum absolute atomic E-state index is 0.0238. The van der Waals surface area contributed by atoms with Gasteiger partial charge in [-0.2, -0.15) is 0 Å². The van der Waals surface area contributed by atoms with Gasteiger partial charge in [-0.1, -0.05) is 63.9 Å². The van der Waals surface area contributed by atoms with Crippen LogP contribution in [0.4, 0.5) is 0 Å². The predicted octanol–water partition coefficient (Wildman–Crippen LogP) is 4.02. The van der Waals surface area contributed by atoms with Gasteiger partial charge in [-0.05, 0) is 29.9 Å². The van der Waals surface area contributed by atoms with Crippen LogP contribution in [0.2, 0.25) is 5.54 Å². The number of hydrogen-bond acceptors (Lipinski definition) is 1. The van der Waals surface area contributed by atoms with Gasteiger partial charge in [-0.25, -0.2) is 0 Å². The molecule has 0 spiro atoms. The summed E-state index contributed by atoms with van der Waals surface area (Å²) in [5.74, 6) is 0.653. The summed E-state index contributed by atoms with van der Waals surface area (Å²) < 4.78 is 6.57. The highest BCUT2D eigenvalue weighted by Gasteiger charge is 2.40. The van der Waals surface area contributed by atoms with Crippen molar-refractivity contribution >= 4 is 9.76 Å². The van der Waals surface area contributed by atoms with E-state index in [1.165, 1.54) is 31.2 Å². The second-order valence-corrected chi connectivity index (χ2v) is 8.36. The van der Waals surface area contributed by atoms with Crippen LogP contribution in [0.25, 0.3) is 0 Å². The smallest absolute Gasteiger partial charge is 0.165 e. The van der Waals surface area contributed by atoms with E-state index < -0.39 is 9.76 Å². The highest BCUT2D eigenvalue weighted by atomic mass is 28.2. The third kappa shape index (κ3) is 2.86. The molecule has 0 saturated heterocycles. The molecule has 1 aromatic rings. The molecule has 0 aliphatic heterocycles. The Morgan fingerprint density at radius 2 is 1.94 bits per heavy atom. The van der Waals surface area contributed by atoms with Crippen LogP contribution in [0.15, 0.2) is 30.3 Å². The highest BCUT2D eigenvalue weighted by Crippen LogP contribution is 2.44. The Labute approximate surface area is 114 Å². The average molecular weight is 262 g/mol. The molecule has 2 rings (SSSR count). The van der Waals surface area contributed by atoms with Gasteiger partial charge >= 0.3 is 0 Å². The van der Waals surface area contributed by atoms with Crippen molar-refractivity contribution < 1.29 is 4.43 Å². The molecule has 1 saturated carbocycles. The maximum Gasteiger partial charge on any atom is 0.165 e. The Morgan fingerprint density at radius 1 is 1.22 bits per heavy atom. The normalized spacial score (nSPS) is 29.2. The van der Waals surface area contributed by atoms with Gasteiger partial charge in [0.2, 0.25) is 0 Å². The lowest BCUT2D eigenvalue weighted by molar-refractivity contribution is -0.0210. The van der Waals surface area contributed by atoms with Crippen LogP contribution in [0, 0.1) is 5.92 Å². The SMILES string of the molecule is CC(C)[SiH2]OC1(c2ccccc2)CCCCC1C. The van der Waals surface area contributed by atoms with Gasteiger partial charge in [0.15, 0.2) is 9.76 Å². The van der Waals surface area contributed by atoms with E-state index >= 15 is 0 Å². The number of rotatable bonds is 4. The molecule has 1 fully saturated rings. The van der Waals surface area contributed by atoms with Crippen molar-refractivity contribution in [2.45, 2.75) is 57.6 Å². The zero-order chi connectivity index (χ0) is 13.0. The lowest BCUT2D eigenvalue weighted by atomic mass is 9.72. The van der Waals surface area contributed by atoms with Crippen molar-refractivity contribution in [3.05, 3.63) is 35.9 Å². The van der Waals surface area contributed by atoms with Gasteiger partial charge in [0.05, 0.1) is 5.60 Å². The van der Waals surface area contributed by atoms with E-state index in [2.05, 4.69) is 51.1 Å². The highest BCUT2D eigenvalue weighted by molar-refractivity contribution is 6.29. The van der Waals surface area contributed by atoms with Crippen LogP contribution in [-0.2, 0) is 10.0 Å². The fourth-order valence-electron chi connectivity index (χ4n) is 3.08. The lowest BCUT2D eigenvalue weighted by Gasteiger charge is -2.44. The van der Waals surface area contributed by atoms with E-state index in [-0.39, 0.29) is 5.60 Å². The summed E-state index contributed by atoms with van der Waals surface area (Å²) in [5.41, 5.74) is 2.17. The fraction of sp³-hybridized carbons (Fsp3) is 0.625. The molecule has 0 bridgehead atoms. The summed E-state index contributed by atoms with van der Waals surface area (Å²) in [6.07, 6.45) is 5.19.